The third-order valence-electron chi connectivity index (χ3n) is 8.91. The SMILES string of the molecule is CC(C)=C/C=C\[C@H](C)[C@H](OC(N)=O)[C@@H](C)[C@H](O)[C@@H](C)C/C(C)=C\[C@H](C)[C@@H](O)[C@@H](C)/C=C\[C@@H](O)C[C@@H]1OC(=O)[C@H](C)[C@@H](O)[C@H]1C. The number of nitrogens with two attached hydrogens (primary N) is 1. The predicted octanol–water partition coefficient (Wildman–Crippen LogP) is 5.08. The Morgan fingerprint density at radius 1 is 0.955 bits per heavy atom. The molecule has 1 aliphatic rings. The molecule has 1 fully saturated rings. The number of aliphatic hydroxyl groups excluding tert-OH is 4. The number of aliphatic hydroxyl groups is 4. The van der Waals surface area contributed by atoms with Gasteiger partial charge in [0.2, 0.25) is 0 Å². The highest BCUT2D eigenvalue weighted by Gasteiger charge is 2.41. The molecule has 0 aromatic heterocycles. The number of ether oxygens (including phenoxy) is 2. The molecule has 9 nitrogen and oxygen atoms in total. The molecule has 1 rings (SSSR count). The maximum atomic E-state index is 12.0. The number of primary amides is 1. The first-order valence-corrected chi connectivity index (χ1v) is 15.9. The molecule has 6 N–H and O–H groups in total. The van der Waals surface area contributed by atoms with Crippen LogP contribution in [0, 0.1) is 41.4 Å². The summed E-state index contributed by atoms with van der Waals surface area (Å²) in [6.45, 7) is 18.9. The van der Waals surface area contributed by atoms with E-state index >= 15 is 0 Å². The summed E-state index contributed by atoms with van der Waals surface area (Å²) in [5, 5.41) is 43.0. The van der Waals surface area contributed by atoms with E-state index in [0.717, 1.165) is 11.1 Å². The second kappa shape index (κ2) is 18.5. The first-order chi connectivity index (χ1) is 20.4. The summed E-state index contributed by atoms with van der Waals surface area (Å²) in [5.41, 5.74) is 7.50. The van der Waals surface area contributed by atoms with Gasteiger partial charge in [0.1, 0.15) is 12.2 Å². The minimum atomic E-state index is -0.893. The fourth-order valence-electron chi connectivity index (χ4n) is 5.97. The molecule has 1 aliphatic heterocycles. The molecular weight excluding hydrogens is 562 g/mol. The second-order valence-electron chi connectivity index (χ2n) is 13.4. The first-order valence-electron chi connectivity index (χ1n) is 15.9. The van der Waals surface area contributed by atoms with Crippen molar-refractivity contribution in [1.82, 2.24) is 0 Å². The molecule has 0 aromatic carbocycles. The highest BCUT2D eigenvalue weighted by molar-refractivity contribution is 5.73. The monoisotopic (exact) mass is 621 g/mol. The topological polar surface area (TPSA) is 160 Å². The molecule has 252 valence electrons. The average molecular weight is 622 g/mol. The lowest BCUT2D eigenvalue weighted by Crippen LogP contribution is -2.47. The highest BCUT2D eigenvalue weighted by Crippen LogP contribution is 2.30. The number of allylic oxidation sites excluding steroid dienone is 4. The zero-order valence-corrected chi connectivity index (χ0v) is 28.4. The lowest BCUT2D eigenvalue weighted by molar-refractivity contribution is -0.179. The van der Waals surface area contributed by atoms with E-state index in [4.69, 9.17) is 15.2 Å². The van der Waals surface area contributed by atoms with E-state index in [2.05, 4.69) is 0 Å². The van der Waals surface area contributed by atoms with Crippen molar-refractivity contribution in [2.45, 2.75) is 119 Å². The predicted molar refractivity (Wildman–Crippen MR) is 173 cm³/mol. The Kier molecular flexibility index (Phi) is 16.6. The smallest absolute Gasteiger partial charge is 0.404 e. The highest BCUT2D eigenvalue weighted by atomic mass is 16.6. The van der Waals surface area contributed by atoms with Crippen molar-refractivity contribution in [2.75, 3.05) is 0 Å². The Labute approximate surface area is 264 Å². The van der Waals surface area contributed by atoms with Crippen LogP contribution in [0.5, 0.6) is 0 Å². The molecular formula is C35H59NO8. The molecule has 0 aliphatic carbocycles. The molecule has 0 aromatic rings. The van der Waals surface area contributed by atoms with Gasteiger partial charge in [-0.1, -0.05) is 89.1 Å². The molecule has 1 heterocycles. The summed E-state index contributed by atoms with van der Waals surface area (Å²) in [4.78, 5) is 23.6. The first kappa shape index (κ1) is 39.6. The van der Waals surface area contributed by atoms with Crippen LogP contribution in [0.4, 0.5) is 4.79 Å². The average Bonchev–Trinajstić information content (AvgIpc) is 2.94. The largest absolute Gasteiger partial charge is 0.462 e. The minimum absolute atomic E-state index is 0.149. The molecule has 1 amide bonds. The zero-order chi connectivity index (χ0) is 33.9. The summed E-state index contributed by atoms with van der Waals surface area (Å²) in [5.74, 6) is -2.49. The molecule has 1 saturated heterocycles. The summed E-state index contributed by atoms with van der Waals surface area (Å²) in [7, 11) is 0. The van der Waals surface area contributed by atoms with E-state index in [-0.39, 0.29) is 41.9 Å². The number of esters is 1. The van der Waals surface area contributed by atoms with Crippen LogP contribution in [0.15, 0.2) is 47.6 Å². The Hall–Kier alpha value is -2.46. The van der Waals surface area contributed by atoms with E-state index in [9.17, 15) is 30.0 Å². The molecule has 0 bridgehead atoms. The van der Waals surface area contributed by atoms with Crippen LogP contribution < -0.4 is 5.73 Å². The maximum Gasteiger partial charge on any atom is 0.404 e. The normalized spacial score (nSPS) is 27.5. The third kappa shape index (κ3) is 12.5. The lowest BCUT2D eigenvalue weighted by Gasteiger charge is -2.36. The van der Waals surface area contributed by atoms with Gasteiger partial charge in [0, 0.05) is 36.0 Å². The number of rotatable bonds is 16. The van der Waals surface area contributed by atoms with Gasteiger partial charge in [-0.15, -0.1) is 0 Å². The van der Waals surface area contributed by atoms with Gasteiger partial charge >= 0.3 is 12.1 Å². The lowest BCUT2D eigenvalue weighted by atomic mass is 9.81. The van der Waals surface area contributed by atoms with Gasteiger partial charge < -0.3 is 35.6 Å². The fraction of sp³-hybridized carbons (Fsp3) is 0.714. The van der Waals surface area contributed by atoms with Gasteiger partial charge in [-0.25, -0.2) is 4.79 Å². The van der Waals surface area contributed by atoms with Gasteiger partial charge in [0.05, 0.1) is 30.3 Å². The van der Waals surface area contributed by atoms with Gasteiger partial charge in [-0.3, -0.25) is 4.79 Å². The fourth-order valence-corrected chi connectivity index (χ4v) is 5.97. The third-order valence-corrected chi connectivity index (χ3v) is 8.91. The molecule has 0 saturated carbocycles. The van der Waals surface area contributed by atoms with Gasteiger partial charge in [0.25, 0.3) is 0 Å². The maximum absolute atomic E-state index is 12.0. The van der Waals surface area contributed by atoms with Crippen molar-refractivity contribution >= 4 is 12.1 Å². The number of hydrogen-bond donors (Lipinski definition) is 5. The van der Waals surface area contributed by atoms with Crippen molar-refractivity contribution in [3.63, 3.8) is 0 Å². The summed E-state index contributed by atoms with van der Waals surface area (Å²) in [6, 6.07) is 0. The van der Waals surface area contributed by atoms with Crippen LogP contribution in [0.1, 0.15) is 82.1 Å². The van der Waals surface area contributed by atoms with Crippen molar-refractivity contribution in [2.24, 2.45) is 47.2 Å². The van der Waals surface area contributed by atoms with Crippen LogP contribution in [-0.2, 0) is 14.3 Å². The quantitative estimate of drug-likeness (QED) is 0.0907. The van der Waals surface area contributed by atoms with Crippen LogP contribution in [0.25, 0.3) is 0 Å². The van der Waals surface area contributed by atoms with E-state index in [1.54, 1.807) is 26.0 Å². The van der Waals surface area contributed by atoms with Crippen LogP contribution in [0.2, 0.25) is 0 Å². The van der Waals surface area contributed by atoms with Gasteiger partial charge in [-0.2, -0.15) is 0 Å². The van der Waals surface area contributed by atoms with E-state index in [1.807, 2.05) is 79.7 Å². The molecule has 44 heavy (non-hydrogen) atoms. The van der Waals surface area contributed by atoms with Gasteiger partial charge in [-0.05, 0) is 40.0 Å². The van der Waals surface area contributed by atoms with Crippen LogP contribution in [0.3, 0.4) is 0 Å². The molecule has 13 atom stereocenters. The second-order valence-corrected chi connectivity index (χ2v) is 13.4. The Morgan fingerprint density at radius 2 is 1.57 bits per heavy atom. The Morgan fingerprint density at radius 3 is 2.14 bits per heavy atom. The van der Waals surface area contributed by atoms with E-state index in [1.165, 1.54) is 0 Å². The summed E-state index contributed by atoms with van der Waals surface area (Å²) >= 11 is 0. The molecule has 9 heteroatoms. The van der Waals surface area contributed by atoms with E-state index in [0.29, 0.717) is 6.42 Å². The number of carbonyl (C=O) groups is 2. The number of carbonyl (C=O) groups excluding carboxylic acids is 2. The summed E-state index contributed by atoms with van der Waals surface area (Å²) in [6.07, 6.45) is 6.66. The number of hydrogen-bond acceptors (Lipinski definition) is 8. The van der Waals surface area contributed by atoms with Crippen molar-refractivity contribution in [3.05, 3.63) is 47.6 Å². The van der Waals surface area contributed by atoms with E-state index < -0.39 is 54.6 Å². The standard InChI is InChI=1S/C35H59NO8/c1-19(2)12-11-13-22(5)33(44-35(36)42)26(9)31(39)24(7)17-20(3)16-23(6)30(38)21(4)14-15-28(37)18-29-25(8)32(40)27(10)34(41)43-29/h11-16,21-33,37-40H,17-18H2,1-10H3,(H2,36,42)/b13-11-,15-14-,20-16-/t21-,22-,23-,24-,25-,26-,27+,28+,29-,30-,31+,32-,33-/m0/s1. The zero-order valence-electron chi connectivity index (χ0n) is 28.4. The van der Waals surface area contributed by atoms with Crippen molar-refractivity contribution in [3.8, 4) is 0 Å². The van der Waals surface area contributed by atoms with Gasteiger partial charge in [0.15, 0.2) is 0 Å². The minimum Gasteiger partial charge on any atom is -0.462 e. The molecule has 0 spiro atoms. The number of amides is 1. The van der Waals surface area contributed by atoms with Crippen molar-refractivity contribution in [1.29, 1.82) is 0 Å². The summed E-state index contributed by atoms with van der Waals surface area (Å²) < 4.78 is 10.8. The number of cyclic esters (lactones) is 1. The van der Waals surface area contributed by atoms with Crippen molar-refractivity contribution < 1.29 is 39.5 Å². The van der Waals surface area contributed by atoms with Crippen LogP contribution >= 0.6 is 0 Å². The Balaban J connectivity index is 2.79. The molecule has 0 radical (unpaired) electrons. The molecule has 0 unspecified atom stereocenters. The van der Waals surface area contributed by atoms with Crippen LogP contribution in [-0.4, -0.2) is 69.1 Å². The Bertz CT molecular complexity index is 1030.